The molecule has 0 aromatic carbocycles. The van der Waals surface area contributed by atoms with E-state index in [9.17, 15) is 0 Å². The van der Waals surface area contributed by atoms with Crippen LogP contribution in [-0.2, 0) is 6.42 Å². The molecule has 14 heavy (non-hydrogen) atoms. The number of fused-ring (bicyclic) bond motifs is 1. The van der Waals surface area contributed by atoms with Gasteiger partial charge in [0, 0.05) is 24.2 Å². The van der Waals surface area contributed by atoms with Gasteiger partial charge in [-0.15, -0.1) is 0 Å². The van der Waals surface area contributed by atoms with Crippen LogP contribution in [-0.4, -0.2) is 21.0 Å². The van der Waals surface area contributed by atoms with Gasteiger partial charge in [-0.3, -0.25) is 0 Å². The first-order chi connectivity index (χ1) is 6.81. The van der Waals surface area contributed by atoms with E-state index in [1.165, 1.54) is 0 Å². The summed E-state index contributed by atoms with van der Waals surface area (Å²) in [6.07, 6.45) is 3.95. The van der Waals surface area contributed by atoms with E-state index in [4.69, 9.17) is 10.9 Å². The van der Waals surface area contributed by atoms with E-state index in [1.54, 1.807) is 6.20 Å². The van der Waals surface area contributed by atoms with Crippen LogP contribution in [0.5, 0.6) is 0 Å². The molecule has 0 bridgehead atoms. The molecule has 0 aliphatic rings. The number of H-pyrrole nitrogens is 1. The summed E-state index contributed by atoms with van der Waals surface area (Å²) in [6, 6.07) is 3.80. The van der Waals surface area contributed by atoms with Crippen LogP contribution < -0.4 is 5.73 Å². The first-order valence-electron chi connectivity index (χ1n) is 4.18. The standard InChI is InChI=1S/C9H10N4O/c10-8(13-14)4-6-5-12-9-7(6)2-1-3-11-9/h1-3,5,14H,4H2,(H2,10,13)(H,11,12). The number of hydrogen-bond acceptors (Lipinski definition) is 3. The number of oxime groups is 1. The fraction of sp³-hybridized carbons (Fsp3) is 0.111. The molecule has 0 fully saturated rings. The van der Waals surface area contributed by atoms with E-state index in [0.29, 0.717) is 6.42 Å². The number of nitrogens with two attached hydrogens (primary N) is 1. The molecule has 0 saturated heterocycles. The van der Waals surface area contributed by atoms with Gasteiger partial charge in [0.15, 0.2) is 0 Å². The largest absolute Gasteiger partial charge is 0.409 e. The van der Waals surface area contributed by atoms with Crippen LogP contribution in [0.25, 0.3) is 11.0 Å². The highest BCUT2D eigenvalue weighted by Crippen LogP contribution is 2.15. The summed E-state index contributed by atoms with van der Waals surface area (Å²) < 4.78 is 0. The quantitative estimate of drug-likeness (QED) is 0.284. The summed E-state index contributed by atoms with van der Waals surface area (Å²) in [5, 5.41) is 12.4. The first-order valence-corrected chi connectivity index (χ1v) is 4.18. The molecule has 0 radical (unpaired) electrons. The predicted octanol–water partition coefficient (Wildman–Crippen LogP) is 0.852. The smallest absolute Gasteiger partial charge is 0.143 e. The fourth-order valence-electron chi connectivity index (χ4n) is 1.39. The van der Waals surface area contributed by atoms with Gasteiger partial charge in [-0.25, -0.2) is 4.98 Å². The second kappa shape index (κ2) is 3.37. The van der Waals surface area contributed by atoms with Gasteiger partial charge in [0.05, 0.1) is 0 Å². The van der Waals surface area contributed by atoms with Gasteiger partial charge in [-0.2, -0.15) is 0 Å². The third kappa shape index (κ3) is 1.39. The monoisotopic (exact) mass is 190 g/mol. The molecule has 0 spiro atoms. The van der Waals surface area contributed by atoms with Gasteiger partial charge in [-0.1, -0.05) is 5.16 Å². The molecule has 0 aliphatic heterocycles. The Hall–Kier alpha value is -2.04. The van der Waals surface area contributed by atoms with Gasteiger partial charge in [-0.05, 0) is 17.7 Å². The number of aromatic nitrogens is 2. The van der Waals surface area contributed by atoms with Crippen molar-refractivity contribution in [3.05, 3.63) is 30.1 Å². The Bertz CT molecular complexity index is 474. The van der Waals surface area contributed by atoms with E-state index in [0.717, 1.165) is 16.6 Å². The molecule has 2 aromatic rings. The summed E-state index contributed by atoms with van der Waals surface area (Å²) in [6.45, 7) is 0. The van der Waals surface area contributed by atoms with Crippen molar-refractivity contribution >= 4 is 16.9 Å². The molecule has 2 heterocycles. The van der Waals surface area contributed by atoms with Crippen molar-refractivity contribution in [2.24, 2.45) is 10.9 Å². The van der Waals surface area contributed by atoms with Gasteiger partial charge < -0.3 is 15.9 Å². The number of aromatic amines is 1. The fourth-order valence-corrected chi connectivity index (χ4v) is 1.39. The zero-order chi connectivity index (χ0) is 9.97. The van der Waals surface area contributed by atoms with E-state index in [2.05, 4.69) is 15.1 Å². The van der Waals surface area contributed by atoms with Crippen LogP contribution >= 0.6 is 0 Å². The number of pyridine rings is 1. The van der Waals surface area contributed by atoms with E-state index < -0.39 is 0 Å². The first kappa shape index (κ1) is 8.55. The van der Waals surface area contributed by atoms with Gasteiger partial charge in [0.25, 0.3) is 0 Å². The van der Waals surface area contributed by atoms with E-state index in [1.807, 2.05) is 18.3 Å². The third-order valence-electron chi connectivity index (χ3n) is 2.04. The van der Waals surface area contributed by atoms with Crippen molar-refractivity contribution in [1.82, 2.24) is 9.97 Å². The molecule has 72 valence electrons. The van der Waals surface area contributed by atoms with Crippen LogP contribution in [0.4, 0.5) is 0 Å². The highest BCUT2D eigenvalue weighted by molar-refractivity contribution is 5.88. The maximum absolute atomic E-state index is 8.44. The van der Waals surface area contributed by atoms with Crippen molar-refractivity contribution in [3.63, 3.8) is 0 Å². The van der Waals surface area contributed by atoms with Gasteiger partial charge in [0.2, 0.25) is 0 Å². The molecule has 0 atom stereocenters. The second-order valence-corrected chi connectivity index (χ2v) is 2.98. The molecule has 2 rings (SSSR count). The lowest BCUT2D eigenvalue weighted by molar-refractivity contribution is 0.317. The summed E-state index contributed by atoms with van der Waals surface area (Å²) in [7, 11) is 0. The predicted molar refractivity (Wildman–Crippen MR) is 53.2 cm³/mol. The van der Waals surface area contributed by atoms with Crippen molar-refractivity contribution in [2.75, 3.05) is 0 Å². The molecule has 5 heteroatoms. The highest BCUT2D eigenvalue weighted by Gasteiger charge is 2.05. The Balaban J connectivity index is 2.43. The average molecular weight is 190 g/mol. The Kier molecular flexibility index (Phi) is 2.06. The number of nitrogens with one attached hydrogen (secondary N) is 1. The molecule has 0 amide bonds. The van der Waals surface area contributed by atoms with Crippen LogP contribution in [0, 0.1) is 0 Å². The molecule has 4 N–H and O–H groups in total. The summed E-state index contributed by atoms with van der Waals surface area (Å²) in [5.41, 5.74) is 7.21. The zero-order valence-corrected chi connectivity index (χ0v) is 7.44. The third-order valence-corrected chi connectivity index (χ3v) is 2.04. The Morgan fingerprint density at radius 1 is 1.64 bits per heavy atom. The number of nitrogens with zero attached hydrogens (tertiary/aromatic N) is 2. The summed E-state index contributed by atoms with van der Waals surface area (Å²) in [4.78, 5) is 7.15. The minimum absolute atomic E-state index is 0.190. The molecule has 0 unspecified atom stereocenters. The van der Waals surface area contributed by atoms with E-state index >= 15 is 0 Å². The minimum atomic E-state index is 0.190. The number of rotatable bonds is 2. The van der Waals surface area contributed by atoms with Crippen LogP contribution in [0.3, 0.4) is 0 Å². The topological polar surface area (TPSA) is 87.3 Å². The minimum Gasteiger partial charge on any atom is -0.409 e. The maximum atomic E-state index is 8.44. The number of amidine groups is 1. The van der Waals surface area contributed by atoms with Crippen molar-refractivity contribution in [2.45, 2.75) is 6.42 Å². The number of hydrogen-bond donors (Lipinski definition) is 3. The summed E-state index contributed by atoms with van der Waals surface area (Å²) in [5.74, 6) is 0.190. The van der Waals surface area contributed by atoms with Crippen LogP contribution in [0.2, 0.25) is 0 Å². The van der Waals surface area contributed by atoms with Gasteiger partial charge in [0.1, 0.15) is 11.5 Å². The van der Waals surface area contributed by atoms with Crippen LogP contribution in [0.15, 0.2) is 29.7 Å². The Labute approximate surface area is 80.3 Å². The summed E-state index contributed by atoms with van der Waals surface area (Å²) >= 11 is 0. The lowest BCUT2D eigenvalue weighted by Crippen LogP contribution is -2.14. The normalized spacial score (nSPS) is 12.1. The zero-order valence-electron chi connectivity index (χ0n) is 7.44. The van der Waals surface area contributed by atoms with Crippen LogP contribution in [0.1, 0.15) is 5.56 Å². The highest BCUT2D eigenvalue weighted by atomic mass is 16.4. The molecule has 0 saturated carbocycles. The second-order valence-electron chi connectivity index (χ2n) is 2.98. The SMILES string of the molecule is N/C(Cc1c[nH]c2ncccc12)=N\O. The molecule has 2 aromatic heterocycles. The van der Waals surface area contributed by atoms with Crippen molar-refractivity contribution in [1.29, 1.82) is 0 Å². The average Bonchev–Trinajstić information content (AvgIpc) is 2.62. The Morgan fingerprint density at radius 3 is 3.29 bits per heavy atom. The maximum Gasteiger partial charge on any atom is 0.143 e. The van der Waals surface area contributed by atoms with E-state index in [-0.39, 0.29) is 5.84 Å². The van der Waals surface area contributed by atoms with Crippen molar-refractivity contribution in [3.8, 4) is 0 Å². The molecular weight excluding hydrogens is 180 g/mol. The lowest BCUT2D eigenvalue weighted by Gasteiger charge is -1.95. The molecule has 5 nitrogen and oxygen atoms in total. The lowest BCUT2D eigenvalue weighted by atomic mass is 10.1. The van der Waals surface area contributed by atoms with Gasteiger partial charge >= 0.3 is 0 Å². The molecule has 0 aliphatic carbocycles. The van der Waals surface area contributed by atoms with Crippen molar-refractivity contribution < 1.29 is 5.21 Å². The Morgan fingerprint density at radius 2 is 2.50 bits per heavy atom. The molecular formula is C9H10N4O.